The molecular weight excluding hydrogens is 262 g/mol. The average molecular weight is 279 g/mol. The van der Waals surface area contributed by atoms with E-state index in [1.54, 1.807) is 6.20 Å². The highest BCUT2D eigenvalue weighted by atomic mass is 16.5. The van der Waals surface area contributed by atoms with E-state index in [1.165, 1.54) is 0 Å². The number of nitrogens with two attached hydrogens (primary N) is 1. The van der Waals surface area contributed by atoms with Crippen molar-refractivity contribution in [1.29, 1.82) is 0 Å². The molecule has 3 rings (SSSR count). The Labute approximate surface area is 123 Å². The summed E-state index contributed by atoms with van der Waals surface area (Å²) >= 11 is 0. The molecule has 0 aliphatic rings. The molecule has 0 fully saturated rings. The zero-order valence-electron chi connectivity index (χ0n) is 12.1. The van der Waals surface area contributed by atoms with Crippen molar-refractivity contribution < 1.29 is 4.74 Å². The van der Waals surface area contributed by atoms with E-state index in [4.69, 9.17) is 10.5 Å². The zero-order valence-corrected chi connectivity index (χ0v) is 12.1. The fraction of sp³-hybridized carbons (Fsp3) is 0.176. The van der Waals surface area contributed by atoms with Crippen LogP contribution in [0.25, 0.3) is 10.9 Å². The number of ether oxygens (including phenoxy) is 1. The van der Waals surface area contributed by atoms with Crippen LogP contribution in [0, 0.1) is 13.8 Å². The van der Waals surface area contributed by atoms with Crippen LogP contribution in [-0.2, 0) is 6.54 Å². The molecule has 4 heteroatoms. The molecule has 2 heterocycles. The highest BCUT2D eigenvalue weighted by molar-refractivity contribution is 5.79. The molecular formula is C17H17N3O. The summed E-state index contributed by atoms with van der Waals surface area (Å²) in [5.74, 6) is 1.23. The zero-order chi connectivity index (χ0) is 14.8. The number of hydrogen-bond acceptors (Lipinski definition) is 4. The second-order valence-corrected chi connectivity index (χ2v) is 5.03. The van der Waals surface area contributed by atoms with Gasteiger partial charge in [0.15, 0.2) is 0 Å². The summed E-state index contributed by atoms with van der Waals surface area (Å²) in [4.78, 5) is 8.84. The van der Waals surface area contributed by atoms with Crippen molar-refractivity contribution in [3.05, 3.63) is 59.4 Å². The van der Waals surface area contributed by atoms with Crippen molar-refractivity contribution in [2.24, 2.45) is 5.73 Å². The number of aromatic nitrogens is 2. The smallest absolute Gasteiger partial charge is 0.224 e. The lowest BCUT2D eigenvalue weighted by atomic mass is 10.1. The number of hydrogen-bond donors (Lipinski definition) is 1. The summed E-state index contributed by atoms with van der Waals surface area (Å²) in [6, 6.07) is 11.9. The molecule has 0 atom stereocenters. The number of para-hydroxylation sites is 1. The van der Waals surface area contributed by atoms with E-state index in [2.05, 4.69) is 9.97 Å². The van der Waals surface area contributed by atoms with Crippen LogP contribution in [0.4, 0.5) is 0 Å². The SMILES string of the molecule is Cc1cc(C)c(CN)c(Oc2cnc3ccccc3c2)n1. The second kappa shape index (κ2) is 5.50. The number of benzene rings is 1. The Morgan fingerprint density at radius 3 is 2.76 bits per heavy atom. The maximum absolute atomic E-state index is 5.92. The van der Waals surface area contributed by atoms with Crippen LogP contribution in [0.1, 0.15) is 16.8 Å². The van der Waals surface area contributed by atoms with Gasteiger partial charge >= 0.3 is 0 Å². The third-order valence-corrected chi connectivity index (χ3v) is 3.42. The van der Waals surface area contributed by atoms with Crippen LogP contribution in [0.15, 0.2) is 42.6 Å². The monoisotopic (exact) mass is 279 g/mol. The highest BCUT2D eigenvalue weighted by Gasteiger charge is 2.10. The van der Waals surface area contributed by atoms with Crippen molar-refractivity contribution in [3.8, 4) is 11.6 Å². The first-order valence-electron chi connectivity index (χ1n) is 6.87. The summed E-state index contributed by atoms with van der Waals surface area (Å²) in [7, 11) is 0. The van der Waals surface area contributed by atoms with Gasteiger partial charge in [-0.25, -0.2) is 4.98 Å². The Bertz CT molecular complexity index is 799. The largest absolute Gasteiger partial charge is 0.437 e. The van der Waals surface area contributed by atoms with Crippen LogP contribution in [0.2, 0.25) is 0 Å². The van der Waals surface area contributed by atoms with E-state index in [1.807, 2.05) is 50.2 Å². The van der Waals surface area contributed by atoms with Gasteiger partial charge < -0.3 is 10.5 Å². The van der Waals surface area contributed by atoms with Gasteiger partial charge in [0.25, 0.3) is 0 Å². The Morgan fingerprint density at radius 2 is 1.95 bits per heavy atom. The van der Waals surface area contributed by atoms with Gasteiger partial charge in [0.2, 0.25) is 5.88 Å². The van der Waals surface area contributed by atoms with E-state index >= 15 is 0 Å². The van der Waals surface area contributed by atoms with Gasteiger partial charge in [0.1, 0.15) is 5.75 Å². The van der Waals surface area contributed by atoms with Crippen molar-refractivity contribution in [3.63, 3.8) is 0 Å². The molecule has 0 aliphatic heterocycles. The molecule has 0 radical (unpaired) electrons. The van der Waals surface area contributed by atoms with Gasteiger partial charge in [-0.1, -0.05) is 18.2 Å². The topological polar surface area (TPSA) is 61.0 Å². The second-order valence-electron chi connectivity index (χ2n) is 5.03. The number of pyridine rings is 2. The molecule has 0 saturated carbocycles. The lowest BCUT2D eigenvalue weighted by Crippen LogP contribution is -2.05. The van der Waals surface area contributed by atoms with Crippen molar-refractivity contribution in [2.75, 3.05) is 0 Å². The van der Waals surface area contributed by atoms with Gasteiger partial charge in [-0.3, -0.25) is 4.98 Å². The summed E-state index contributed by atoms with van der Waals surface area (Å²) in [5, 5.41) is 1.04. The van der Waals surface area contributed by atoms with Gasteiger partial charge in [-0.15, -0.1) is 0 Å². The molecule has 0 spiro atoms. The molecule has 4 nitrogen and oxygen atoms in total. The van der Waals surface area contributed by atoms with Crippen LogP contribution in [-0.4, -0.2) is 9.97 Å². The predicted molar refractivity (Wildman–Crippen MR) is 83.4 cm³/mol. The van der Waals surface area contributed by atoms with Crippen molar-refractivity contribution in [2.45, 2.75) is 20.4 Å². The minimum Gasteiger partial charge on any atom is -0.437 e. The Kier molecular flexibility index (Phi) is 3.54. The molecule has 0 saturated heterocycles. The van der Waals surface area contributed by atoms with Gasteiger partial charge in [0.05, 0.1) is 11.7 Å². The maximum atomic E-state index is 5.92. The lowest BCUT2D eigenvalue weighted by molar-refractivity contribution is 0.453. The Morgan fingerprint density at radius 1 is 1.14 bits per heavy atom. The molecule has 0 bridgehead atoms. The van der Waals surface area contributed by atoms with E-state index in [9.17, 15) is 0 Å². The van der Waals surface area contributed by atoms with E-state index in [0.717, 1.165) is 27.7 Å². The summed E-state index contributed by atoms with van der Waals surface area (Å²) in [6.45, 7) is 4.36. The quantitative estimate of drug-likeness (QED) is 0.797. The first-order chi connectivity index (χ1) is 10.2. The van der Waals surface area contributed by atoms with Crippen molar-refractivity contribution >= 4 is 10.9 Å². The first kappa shape index (κ1) is 13.5. The minimum atomic E-state index is 0.398. The number of rotatable bonds is 3. The molecule has 0 amide bonds. The molecule has 0 unspecified atom stereocenters. The standard InChI is InChI=1S/C17H17N3O/c1-11-7-12(2)20-17(15(11)9-18)21-14-8-13-5-3-4-6-16(13)19-10-14/h3-8,10H,9,18H2,1-2H3. The average Bonchev–Trinajstić information content (AvgIpc) is 2.47. The molecule has 3 aromatic rings. The van der Waals surface area contributed by atoms with Crippen molar-refractivity contribution in [1.82, 2.24) is 9.97 Å². The minimum absolute atomic E-state index is 0.398. The molecule has 0 aliphatic carbocycles. The summed E-state index contributed by atoms with van der Waals surface area (Å²) in [6.07, 6.45) is 1.71. The Balaban J connectivity index is 2.02. The number of fused-ring (bicyclic) bond motifs is 1. The van der Waals surface area contributed by atoms with E-state index < -0.39 is 0 Å². The van der Waals surface area contributed by atoms with Gasteiger partial charge in [0, 0.05) is 23.2 Å². The summed E-state index contributed by atoms with van der Waals surface area (Å²) in [5.41, 5.74) is 9.68. The van der Waals surface area contributed by atoms with Crippen LogP contribution in [0.3, 0.4) is 0 Å². The fourth-order valence-corrected chi connectivity index (χ4v) is 2.38. The summed E-state index contributed by atoms with van der Waals surface area (Å²) < 4.78 is 5.92. The molecule has 21 heavy (non-hydrogen) atoms. The Hall–Kier alpha value is -2.46. The molecule has 1 aromatic carbocycles. The number of nitrogens with zero attached hydrogens (tertiary/aromatic N) is 2. The van der Waals surface area contributed by atoms with Gasteiger partial charge in [-0.2, -0.15) is 0 Å². The van der Waals surface area contributed by atoms with E-state index in [-0.39, 0.29) is 0 Å². The maximum Gasteiger partial charge on any atom is 0.224 e. The third-order valence-electron chi connectivity index (χ3n) is 3.42. The highest BCUT2D eigenvalue weighted by Crippen LogP contribution is 2.27. The predicted octanol–water partition coefficient (Wildman–Crippen LogP) is 3.50. The van der Waals surface area contributed by atoms with Crippen LogP contribution >= 0.6 is 0 Å². The third kappa shape index (κ3) is 2.71. The first-order valence-corrected chi connectivity index (χ1v) is 6.87. The fourth-order valence-electron chi connectivity index (χ4n) is 2.38. The van der Waals surface area contributed by atoms with E-state index in [0.29, 0.717) is 18.2 Å². The van der Waals surface area contributed by atoms with Crippen LogP contribution in [0.5, 0.6) is 11.6 Å². The normalized spacial score (nSPS) is 10.8. The van der Waals surface area contributed by atoms with Gasteiger partial charge in [-0.05, 0) is 37.6 Å². The lowest BCUT2D eigenvalue weighted by Gasteiger charge is -2.12. The molecule has 2 N–H and O–H groups in total. The molecule has 2 aromatic heterocycles. The number of aryl methyl sites for hydroxylation is 2. The van der Waals surface area contributed by atoms with Crippen LogP contribution < -0.4 is 10.5 Å². The molecule has 106 valence electrons.